The molecule has 24 heavy (non-hydrogen) atoms. The van der Waals surface area contributed by atoms with Crippen molar-refractivity contribution in [2.24, 2.45) is 5.16 Å². The van der Waals surface area contributed by atoms with Crippen LogP contribution in [-0.4, -0.2) is 25.9 Å². The van der Waals surface area contributed by atoms with Gasteiger partial charge in [0.2, 0.25) is 5.71 Å². The molecule has 2 rings (SSSR count). The molecule has 2 aromatic carbocycles. The maximum Gasteiger partial charge on any atom is 0.368 e. The smallest absolute Gasteiger partial charge is 0.368 e. The fraction of sp³-hybridized carbons (Fsp3) is 0.158. The molecule has 0 unspecified atom stereocenters. The number of benzene rings is 2. The summed E-state index contributed by atoms with van der Waals surface area (Å²) in [6, 6.07) is 16.6. The van der Waals surface area contributed by atoms with Gasteiger partial charge in [-0.1, -0.05) is 41.4 Å². The number of nitrogens with zero attached hydrogens (tertiary/aromatic N) is 1. The van der Waals surface area contributed by atoms with Crippen molar-refractivity contribution in [2.75, 3.05) is 14.2 Å². The van der Waals surface area contributed by atoms with Crippen molar-refractivity contribution in [1.29, 1.82) is 0 Å². The highest BCUT2D eigenvalue weighted by molar-refractivity contribution is 6.43. The summed E-state index contributed by atoms with van der Waals surface area (Å²) in [5.74, 6) is 5.63. The molecule has 0 bridgehead atoms. The van der Waals surface area contributed by atoms with Crippen LogP contribution in [0.1, 0.15) is 11.1 Å². The number of carbonyl (C=O) groups excluding carboxylic acids is 1. The van der Waals surface area contributed by atoms with E-state index in [1.54, 1.807) is 7.11 Å². The Morgan fingerprint density at radius 1 is 1.04 bits per heavy atom. The van der Waals surface area contributed by atoms with Gasteiger partial charge in [-0.3, -0.25) is 0 Å². The molecule has 0 heterocycles. The van der Waals surface area contributed by atoms with Crippen molar-refractivity contribution in [3.63, 3.8) is 0 Å². The van der Waals surface area contributed by atoms with E-state index < -0.39 is 5.97 Å². The number of esters is 1. The first-order valence-corrected chi connectivity index (χ1v) is 7.21. The fourth-order valence-electron chi connectivity index (χ4n) is 1.75. The first kappa shape index (κ1) is 17.1. The lowest BCUT2D eigenvalue weighted by Crippen LogP contribution is -2.14. The van der Waals surface area contributed by atoms with Gasteiger partial charge in [0.15, 0.2) is 0 Å². The number of hydrogen-bond acceptors (Lipinski definition) is 5. The van der Waals surface area contributed by atoms with Gasteiger partial charge >= 0.3 is 5.97 Å². The second-order valence-corrected chi connectivity index (χ2v) is 4.67. The predicted octanol–water partition coefficient (Wildman–Crippen LogP) is 2.79. The minimum atomic E-state index is -0.645. The zero-order chi connectivity index (χ0) is 17.2. The van der Waals surface area contributed by atoms with Crippen molar-refractivity contribution < 1.29 is 19.1 Å². The molecule has 0 aliphatic rings. The van der Waals surface area contributed by atoms with E-state index in [1.165, 1.54) is 7.11 Å². The first-order valence-electron chi connectivity index (χ1n) is 7.21. The normalized spacial score (nSPS) is 10.3. The summed E-state index contributed by atoms with van der Waals surface area (Å²) in [7, 11) is 2.87. The Morgan fingerprint density at radius 2 is 1.75 bits per heavy atom. The van der Waals surface area contributed by atoms with Gasteiger partial charge in [0.05, 0.1) is 14.2 Å². The molecular weight excluding hydrogens is 306 g/mol. The Labute approximate surface area is 140 Å². The van der Waals surface area contributed by atoms with E-state index in [2.05, 4.69) is 21.7 Å². The molecule has 0 aliphatic heterocycles. The van der Waals surface area contributed by atoms with Gasteiger partial charge in [-0.2, -0.15) is 0 Å². The molecule has 0 saturated carbocycles. The van der Waals surface area contributed by atoms with E-state index in [0.717, 1.165) is 16.9 Å². The average Bonchev–Trinajstić information content (AvgIpc) is 2.65. The Balaban J connectivity index is 2.05. The average molecular weight is 323 g/mol. The zero-order valence-corrected chi connectivity index (χ0v) is 13.5. The van der Waals surface area contributed by atoms with Crippen molar-refractivity contribution in [3.05, 3.63) is 65.7 Å². The highest BCUT2D eigenvalue weighted by atomic mass is 16.6. The molecule has 0 N–H and O–H groups in total. The molecular formula is C19H17NO4. The SMILES string of the molecule is COC(=O)/C(C#Cc1ccccc1)=N/OCc1ccc(OC)cc1. The van der Waals surface area contributed by atoms with E-state index in [1.807, 2.05) is 54.6 Å². The van der Waals surface area contributed by atoms with Gasteiger partial charge in [0, 0.05) is 5.56 Å². The number of methoxy groups -OCH3 is 2. The van der Waals surface area contributed by atoms with Gasteiger partial charge in [0.25, 0.3) is 0 Å². The summed E-state index contributed by atoms with van der Waals surface area (Å²) in [6.45, 7) is 0.206. The summed E-state index contributed by atoms with van der Waals surface area (Å²) >= 11 is 0. The Morgan fingerprint density at radius 3 is 2.38 bits per heavy atom. The monoisotopic (exact) mass is 323 g/mol. The summed E-state index contributed by atoms with van der Waals surface area (Å²) in [4.78, 5) is 16.9. The van der Waals surface area contributed by atoms with Crippen molar-refractivity contribution in [3.8, 4) is 17.6 Å². The standard InChI is InChI=1S/C19H17NO4/c1-22-17-11-8-16(9-12-17)14-24-20-18(19(21)23-2)13-10-15-6-4-3-5-7-15/h3-9,11-12H,14H2,1-2H3/b20-18+. The largest absolute Gasteiger partial charge is 0.497 e. The summed E-state index contributed by atoms with van der Waals surface area (Å²) in [6.07, 6.45) is 0. The third-order valence-electron chi connectivity index (χ3n) is 3.02. The van der Waals surface area contributed by atoms with E-state index in [0.29, 0.717) is 0 Å². The Kier molecular flexibility index (Phi) is 6.42. The minimum absolute atomic E-state index is 0.0881. The third kappa shape index (κ3) is 5.18. The Hall–Kier alpha value is -3.26. The molecule has 5 heteroatoms. The molecule has 0 fully saturated rings. The lowest BCUT2D eigenvalue weighted by atomic mass is 10.2. The molecule has 0 aromatic heterocycles. The van der Waals surface area contributed by atoms with E-state index in [4.69, 9.17) is 9.57 Å². The van der Waals surface area contributed by atoms with Crippen LogP contribution in [-0.2, 0) is 21.0 Å². The molecule has 0 spiro atoms. The highest BCUT2D eigenvalue weighted by Crippen LogP contribution is 2.12. The van der Waals surface area contributed by atoms with Gasteiger partial charge in [-0.15, -0.1) is 0 Å². The Bertz CT molecular complexity index is 755. The number of rotatable bonds is 5. The fourth-order valence-corrected chi connectivity index (χ4v) is 1.75. The summed E-state index contributed by atoms with van der Waals surface area (Å²) < 4.78 is 9.75. The molecule has 0 radical (unpaired) electrons. The quantitative estimate of drug-likeness (QED) is 0.367. The van der Waals surface area contributed by atoms with Crippen LogP contribution in [0.2, 0.25) is 0 Å². The first-order chi connectivity index (χ1) is 11.7. The topological polar surface area (TPSA) is 57.1 Å². The second kappa shape index (κ2) is 9.01. The van der Waals surface area contributed by atoms with Gasteiger partial charge < -0.3 is 14.3 Å². The number of ether oxygens (including phenoxy) is 2. The maximum atomic E-state index is 11.7. The van der Waals surface area contributed by atoms with Crippen LogP contribution in [0.25, 0.3) is 0 Å². The summed E-state index contributed by atoms with van der Waals surface area (Å²) in [5.41, 5.74) is 1.57. The van der Waals surface area contributed by atoms with Crippen molar-refractivity contribution in [1.82, 2.24) is 0 Å². The van der Waals surface area contributed by atoms with E-state index >= 15 is 0 Å². The van der Waals surface area contributed by atoms with E-state index in [9.17, 15) is 4.79 Å². The molecule has 0 amide bonds. The van der Waals surface area contributed by atoms with Crippen LogP contribution in [0.4, 0.5) is 0 Å². The van der Waals surface area contributed by atoms with Crippen molar-refractivity contribution >= 4 is 11.7 Å². The zero-order valence-electron chi connectivity index (χ0n) is 13.5. The van der Waals surface area contributed by atoms with E-state index in [-0.39, 0.29) is 12.3 Å². The van der Waals surface area contributed by atoms with Crippen LogP contribution in [0.5, 0.6) is 5.75 Å². The minimum Gasteiger partial charge on any atom is -0.497 e. The molecule has 0 atom stereocenters. The van der Waals surface area contributed by atoms with Gasteiger partial charge in [-0.05, 0) is 35.7 Å². The van der Waals surface area contributed by atoms with Crippen LogP contribution in [0.15, 0.2) is 59.8 Å². The molecule has 0 saturated heterocycles. The van der Waals surface area contributed by atoms with Crippen LogP contribution >= 0.6 is 0 Å². The predicted molar refractivity (Wildman–Crippen MR) is 90.6 cm³/mol. The highest BCUT2D eigenvalue weighted by Gasteiger charge is 2.09. The number of carbonyl (C=O) groups is 1. The summed E-state index contributed by atoms with van der Waals surface area (Å²) in [5, 5.41) is 3.78. The molecule has 122 valence electrons. The van der Waals surface area contributed by atoms with Crippen LogP contribution in [0, 0.1) is 11.8 Å². The van der Waals surface area contributed by atoms with Crippen LogP contribution < -0.4 is 4.74 Å². The lowest BCUT2D eigenvalue weighted by Gasteiger charge is -2.03. The maximum absolute atomic E-state index is 11.7. The van der Waals surface area contributed by atoms with Gasteiger partial charge in [-0.25, -0.2) is 4.79 Å². The third-order valence-corrected chi connectivity index (χ3v) is 3.02. The number of hydrogen-bond donors (Lipinski definition) is 0. The van der Waals surface area contributed by atoms with Crippen LogP contribution in [0.3, 0.4) is 0 Å². The molecule has 0 aliphatic carbocycles. The molecule has 2 aromatic rings. The van der Waals surface area contributed by atoms with Crippen molar-refractivity contribution in [2.45, 2.75) is 6.61 Å². The van der Waals surface area contributed by atoms with Gasteiger partial charge in [0.1, 0.15) is 12.4 Å². The molecule has 5 nitrogen and oxygen atoms in total. The number of oxime groups is 1. The second-order valence-electron chi connectivity index (χ2n) is 4.67. The lowest BCUT2D eigenvalue weighted by molar-refractivity contribution is -0.132.